The third-order valence-corrected chi connectivity index (χ3v) is 3.96. The number of nitrogens with one attached hydrogen (secondary N) is 1. The van der Waals surface area contributed by atoms with Gasteiger partial charge in [-0.1, -0.05) is 35.3 Å². The van der Waals surface area contributed by atoms with Crippen LogP contribution >= 0.6 is 23.2 Å². The number of hydrogen-bond donors (Lipinski definition) is 1. The van der Waals surface area contributed by atoms with Crippen molar-refractivity contribution >= 4 is 39.9 Å². The summed E-state index contributed by atoms with van der Waals surface area (Å²) in [5.41, 5.74) is 4.58. The average molecular weight is 302 g/mol. The van der Waals surface area contributed by atoms with Gasteiger partial charge in [-0.05, 0) is 30.3 Å². The number of aromatic amines is 1. The van der Waals surface area contributed by atoms with Crippen molar-refractivity contribution < 1.29 is 0 Å². The Labute approximate surface area is 124 Å². The highest BCUT2D eigenvalue weighted by Gasteiger charge is 2.14. The Morgan fingerprint density at radius 3 is 2.55 bits per heavy atom. The van der Waals surface area contributed by atoms with Gasteiger partial charge in [0.05, 0.1) is 11.0 Å². The first-order valence-electron chi connectivity index (χ1n) is 6.14. The van der Waals surface area contributed by atoms with Gasteiger partial charge in [-0.3, -0.25) is 4.40 Å². The maximum atomic E-state index is 6.52. The average Bonchev–Trinajstić information content (AvgIpc) is 3.04. The zero-order valence-electron chi connectivity index (χ0n) is 10.3. The minimum Gasteiger partial charge on any atom is -0.360 e. The predicted octanol–water partition coefficient (Wildman–Crippen LogP) is 4.79. The Bertz CT molecular complexity index is 920. The molecule has 4 aromatic rings. The quantitative estimate of drug-likeness (QED) is 0.539. The van der Waals surface area contributed by atoms with Crippen LogP contribution < -0.4 is 0 Å². The number of imidazole rings is 1. The maximum Gasteiger partial charge on any atom is 0.141 e. The SMILES string of the molecule is Clc1ccc(-c2nc3ccc4[nH]ccc4n3c2Cl)cc1. The molecule has 3 nitrogen and oxygen atoms in total. The van der Waals surface area contributed by atoms with Gasteiger partial charge in [0.15, 0.2) is 0 Å². The number of aromatic nitrogens is 3. The molecule has 20 heavy (non-hydrogen) atoms. The van der Waals surface area contributed by atoms with Crippen molar-refractivity contribution in [2.75, 3.05) is 0 Å². The second kappa shape index (κ2) is 4.27. The van der Waals surface area contributed by atoms with E-state index in [1.807, 2.05) is 53.1 Å². The molecule has 0 spiro atoms. The third-order valence-electron chi connectivity index (χ3n) is 3.36. The van der Waals surface area contributed by atoms with Crippen LogP contribution in [0.1, 0.15) is 0 Å². The Morgan fingerprint density at radius 1 is 0.950 bits per heavy atom. The van der Waals surface area contributed by atoms with Crippen molar-refractivity contribution in [2.24, 2.45) is 0 Å². The molecule has 0 saturated heterocycles. The monoisotopic (exact) mass is 301 g/mol. The molecule has 4 rings (SSSR count). The van der Waals surface area contributed by atoms with Crippen molar-refractivity contribution in [3.63, 3.8) is 0 Å². The van der Waals surface area contributed by atoms with E-state index >= 15 is 0 Å². The summed E-state index contributed by atoms with van der Waals surface area (Å²) in [6.07, 6.45) is 1.89. The molecular weight excluding hydrogens is 293 g/mol. The molecule has 0 unspecified atom stereocenters. The number of nitrogens with zero attached hydrogens (tertiary/aromatic N) is 2. The molecule has 0 aliphatic heterocycles. The first kappa shape index (κ1) is 11.8. The van der Waals surface area contributed by atoms with Crippen LogP contribution in [-0.4, -0.2) is 14.4 Å². The number of rotatable bonds is 1. The summed E-state index contributed by atoms with van der Waals surface area (Å²) in [5, 5.41) is 1.30. The van der Waals surface area contributed by atoms with Gasteiger partial charge in [0, 0.05) is 16.8 Å². The highest BCUT2D eigenvalue weighted by atomic mass is 35.5. The molecule has 0 saturated carbocycles. The summed E-state index contributed by atoms with van der Waals surface area (Å²) in [7, 11) is 0. The van der Waals surface area contributed by atoms with Gasteiger partial charge < -0.3 is 4.98 Å². The minimum absolute atomic E-state index is 0.604. The van der Waals surface area contributed by atoms with E-state index in [4.69, 9.17) is 23.2 Å². The highest BCUT2D eigenvalue weighted by Crippen LogP contribution is 2.31. The van der Waals surface area contributed by atoms with Crippen LogP contribution in [0.4, 0.5) is 0 Å². The number of fused-ring (bicyclic) bond motifs is 3. The highest BCUT2D eigenvalue weighted by molar-refractivity contribution is 6.33. The lowest BCUT2D eigenvalue weighted by Crippen LogP contribution is -1.85. The summed E-state index contributed by atoms with van der Waals surface area (Å²) in [6.45, 7) is 0. The number of pyridine rings is 1. The zero-order valence-corrected chi connectivity index (χ0v) is 11.8. The normalized spacial score (nSPS) is 11.5. The summed E-state index contributed by atoms with van der Waals surface area (Å²) in [4.78, 5) is 7.79. The van der Waals surface area contributed by atoms with E-state index in [2.05, 4.69) is 9.97 Å². The second-order valence-corrected chi connectivity index (χ2v) is 5.36. The number of halogens is 2. The predicted molar refractivity (Wildman–Crippen MR) is 82.5 cm³/mol. The molecule has 0 atom stereocenters. The Balaban J connectivity index is 2.05. The lowest BCUT2D eigenvalue weighted by molar-refractivity contribution is 1.26. The summed E-state index contributed by atoms with van der Waals surface area (Å²) >= 11 is 12.4. The van der Waals surface area contributed by atoms with Crippen LogP contribution in [0.3, 0.4) is 0 Å². The minimum atomic E-state index is 0.604. The van der Waals surface area contributed by atoms with Gasteiger partial charge in [0.1, 0.15) is 16.5 Å². The summed E-state index contributed by atoms with van der Waals surface area (Å²) < 4.78 is 1.94. The molecule has 0 aliphatic rings. The largest absolute Gasteiger partial charge is 0.360 e. The van der Waals surface area contributed by atoms with E-state index < -0.39 is 0 Å². The van der Waals surface area contributed by atoms with Crippen LogP contribution in [0.25, 0.3) is 27.9 Å². The van der Waals surface area contributed by atoms with Crippen LogP contribution in [0.15, 0.2) is 48.7 Å². The maximum absolute atomic E-state index is 6.52. The first-order valence-corrected chi connectivity index (χ1v) is 6.89. The van der Waals surface area contributed by atoms with E-state index in [0.29, 0.717) is 10.2 Å². The van der Waals surface area contributed by atoms with Gasteiger partial charge in [-0.25, -0.2) is 4.98 Å². The summed E-state index contributed by atoms with van der Waals surface area (Å²) in [6, 6.07) is 13.5. The van der Waals surface area contributed by atoms with E-state index in [0.717, 1.165) is 27.9 Å². The molecule has 0 radical (unpaired) electrons. The van der Waals surface area contributed by atoms with Crippen LogP contribution in [0.5, 0.6) is 0 Å². The van der Waals surface area contributed by atoms with E-state index in [-0.39, 0.29) is 0 Å². The molecule has 1 aromatic carbocycles. The molecule has 0 bridgehead atoms. The standard InChI is InChI=1S/C15H9Cl2N3/c16-10-3-1-9(2-4-10)14-15(17)20-12-7-8-18-11(12)5-6-13(20)19-14/h1-8,18H. The van der Waals surface area contributed by atoms with Crippen molar-refractivity contribution in [3.05, 3.63) is 58.8 Å². The van der Waals surface area contributed by atoms with Crippen molar-refractivity contribution in [2.45, 2.75) is 0 Å². The van der Waals surface area contributed by atoms with Gasteiger partial charge >= 0.3 is 0 Å². The molecule has 1 N–H and O–H groups in total. The molecule has 3 aromatic heterocycles. The molecule has 0 fully saturated rings. The number of H-pyrrole nitrogens is 1. The van der Waals surface area contributed by atoms with Gasteiger partial charge in [-0.15, -0.1) is 0 Å². The molecule has 98 valence electrons. The van der Waals surface area contributed by atoms with Gasteiger partial charge in [-0.2, -0.15) is 0 Å². The Hall–Kier alpha value is -1.97. The van der Waals surface area contributed by atoms with E-state index in [1.165, 1.54) is 0 Å². The lowest BCUT2D eigenvalue weighted by atomic mass is 10.2. The van der Waals surface area contributed by atoms with Gasteiger partial charge in [0.25, 0.3) is 0 Å². The number of benzene rings is 1. The van der Waals surface area contributed by atoms with Crippen molar-refractivity contribution in [1.82, 2.24) is 14.4 Å². The fourth-order valence-electron chi connectivity index (χ4n) is 2.41. The smallest absolute Gasteiger partial charge is 0.141 e. The Kier molecular flexibility index (Phi) is 2.52. The molecule has 5 heteroatoms. The van der Waals surface area contributed by atoms with E-state index in [9.17, 15) is 0 Å². The van der Waals surface area contributed by atoms with Crippen molar-refractivity contribution in [3.8, 4) is 11.3 Å². The number of hydrogen-bond acceptors (Lipinski definition) is 1. The fourth-order valence-corrected chi connectivity index (χ4v) is 2.86. The zero-order chi connectivity index (χ0) is 13.7. The van der Waals surface area contributed by atoms with Gasteiger partial charge in [0.2, 0.25) is 0 Å². The van der Waals surface area contributed by atoms with Crippen LogP contribution in [0, 0.1) is 0 Å². The fraction of sp³-hybridized carbons (Fsp3) is 0. The first-order chi connectivity index (χ1) is 9.74. The Morgan fingerprint density at radius 2 is 1.75 bits per heavy atom. The van der Waals surface area contributed by atoms with Crippen molar-refractivity contribution in [1.29, 1.82) is 0 Å². The molecule has 3 heterocycles. The topological polar surface area (TPSA) is 33.1 Å². The van der Waals surface area contributed by atoms with E-state index in [1.54, 1.807) is 0 Å². The van der Waals surface area contributed by atoms with Crippen LogP contribution in [-0.2, 0) is 0 Å². The van der Waals surface area contributed by atoms with Crippen LogP contribution in [0.2, 0.25) is 10.2 Å². The second-order valence-electron chi connectivity index (χ2n) is 4.56. The molecule has 0 aliphatic carbocycles. The summed E-state index contributed by atoms with van der Waals surface area (Å²) in [5.74, 6) is 0. The third kappa shape index (κ3) is 1.64. The lowest BCUT2D eigenvalue weighted by Gasteiger charge is -1.99. The molecular formula is C15H9Cl2N3. The molecule has 0 amide bonds.